The lowest BCUT2D eigenvalue weighted by Crippen LogP contribution is -2.32. The van der Waals surface area contributed by atoms with Crippen LogP contribution in [0.15, 0.2) is 53.6 Å². The van der Waals surface area contributed by atoms with Crippen LogP contribution in [0.25, 0.3) is 0 Å². The van der Waals surface area contributed by atoms with Crippen molar-refractivity contribution in [3.8, 4) is 0 Å². The molecule has 2 rings (SSSR count). The lowest BCUT2D eigenvalue weighted by atomic mass is 10.2. The largest absolute Gasteiger partial charge is 0.329 e. The molecular formula is C16H14IN3O2. The zero-order chi connectivity index (χ0) is 15.9. The van der Waals surface area contributed by atoms with Gasteiger partial charge in [0.25, 0.3) is 0 Å². The highest BCUT2D eigenvalue weighted by molar-refractivity contribution is 14.1. The van der Waals surface area contributed by atoms with E-state index in [1.807, 2.05) is 43.3 Å². The first kappa shape index (κ1) is 16.2. The number of hydrazone groups is 1. The molecule has 2 aromatic rings. The number of amides is 2. The third-order valence-electron chi connectivity index (χ3n) is 2.85. The third-order valence-corrected chi connectivity index (χ3v) is 3.57. The van der Waals surface area contributed by atoms with Crippen molar-refractivity contribution in [2.24, 2.45) is 5.10 Å². The molecule has 22 heavy (non-hydrogen) atoms. The van der Waals surface area contributed by atoms with E-state index in [0.29, 0.717) is 5.69 Å². The second-order valence-corrected chi connectivity index (χ2v) is 5.77. The van der Waals surface area contributed by atoms with Crippen LogP contribution in [0.1, 0.15) is 11.1 Å². The molecular weight excluding hydrogens is 393 g/mol. The third kappa shape index (κ3) is 4.66. The van der Waals surface area contributed by atoms with Crippen LogP contribution in [0, 0.1) is 10.5 Å². The first-order chi connectivity index (χ1) is 10.6. The lowest BCUT2D eigenvalue weighted by molar-refractivity contribution is -0.136. The Morgan fingerprint density at radius 2 is 1.73 bits per heavy atom. The van der Waals surface area contributed by atoms with E-state index in [1.165, 1.54) is 6.21 Å². The minimum absolute atomic E-state index is 0.601. The van der Waals surface area contributed by atoms with Crippen molar-refractivity contribution in [2.75, 3.05) is 5.32 Å². The number of benzene rings is 2. The molecule has 0 aliphatic rings. The Bertz CT molecular complexity index is 712. The molecule has 0 atom stereocenters. The van der Waals surface area contributed by atoms with E-state index < -0.39 is 11.8 Å². The molecule has 0 heterocycles. The topological polar surface area (TPSA) is 70.6 Å². The fourth-order valence-electron chi connectivity index (χ4n) is 1.66. The molecule has 0 aliphatic heterocycles. The predicted octanol–water partition coefficient (Wildman–Crippen LogP) is 2.69. The molecule has 0 spiro atoms. The summed E-state index contributed by atoms with van der Waals surface area (Å²) in [5.41, 5.74) is 4.52. The van der Waals surface area contributed by atoms with Crippen molar-refractivity contribution in [1.29, 1.82) is 0 Å². The van der Waals surface area contributed by atoms with Crippen LogP contribution >= 0.6 is 22.6 Å². The number of halogens is 1. The molecule has 2 amide bonds. The maximum atomic E-state index is 11.8. The number of para-hydroxylation sites is 1. The molecule has 5 nitrogen and oxygen atoms in total. The van der Waals surface area contributed by atoms with E-state index in [9.17, 15) is 9.59 Å². The minimum Gasteiger partial charge on any atom is -0.317 e. The van der Waals surface area contributed by atoms with E-state index in [0.717, 1.165) is 14.7 Å². The summed E-state index contributed by atoms with van der Waals surface area (Å²) in [5.74, 6) is -1.57. The number of aryl methyl sites for hydroxylation is 1. The van der Waals surface area contributed by atoms with Gasteiger partial charge in [0.1, 0.15) is 0 Å². The molecule has 0 bridgehead atoms. The Labute approximate surface area is 141 Å². The average molecular weight is 407 g/mol. The summed E-state index contributed by atoms with van der Waals surface area (Å²) in [4.78, 5) is 23.4. The van der Waals surface area contributed by atoms with Crippen molar-refractivity contribution in [3.05, 3.63) is 63.2 Å². The van der Waals surface area contributed by atoms with Crippen molar-refractivity contribution in [1.82, 2.24) is 5.43 Å². The fraction of sp³-hybridized carbons (Fsp3) is 0.0625. The summed E-state index contributed by atoms with van der Waals surface area (Å²) in [6.07, 6.45) is 1.48. The summed E-state index contributed by atoms with van der Waals surface area (Å²) in [6, 6.07) is 14.8. The highest BCUT2D eigenvalue weighted by atomic mass is 127. The summed E-state index contributed by atoms with van der Waals surface area (Å²) in [6.45, 7) is 1.85. The molecule has 2 N–H and O–H groups in total. The Morgan fingerprint density at radius 3 is 2.41 bits per heavy atom. The van der Waals surface area contributed by atoms with Crippen LogP contribution in [-0.4, -0.2) is 18.0 Å². The maximum absolute atomic E-state index is 11.8. The van der Waals surface area contributed by atoms with E-state index >= 15 is 0 Å². The Balaban J connectivity index is 1.90. The second kappa shape index (κ2) is 7.69. The first-order valence-electron chi connectivity index (χ1n) is 6.52. The van der Waals surface area contributed by atoms with Gasteiger partial charge in [0.2, 0.25) is 0 Å². The van der Waals surface area contributed by atoms with Crippen molar-refractivity contribution in [3.63, 3.8) is 0 Å². The van der Waals surface area contributed by atoms with Crippen LogP contribution < -0.4 is 10.7 Å². The van der Waals surface area contributed by atoms with Crippen LogP contribution in [0.4, 0.5) is 5.69 Å². The number of nitrogens with zero attached hydrogens (tertiary/aromatic N) is 1. The summed E-state index contributed by atoms with van der Waals surface area (Å²) < 4.78 is 1.11. The molecule has 0 saturated heterocycles. The van der Waals surface area contributed by atoms with E-state index in [1.54, 1.807) is 12.1 Å². The highest BCUT2D eigenvalue weighted by Gasteiger charge is 2.13. The zero-order valence-corrected chi connectivity index (χ0v) is 14.0. The molecule has 112 valence electrons. The number of carbonyl (C=O) groups is 2. The van der Waals surface area contributed by atoms with Gasteiger partial charge in [0.15, 0.2) is 0 Å². The molecule has 0 radical (unpaired) electrons. The number of nitrogens with one attached hydrogen (secondary N) is 2. The minimum atomic E-state index is -0.815. The second-order valence-electron chi connectivity index (χ2n) is 4.52. The van der Waals surface area contributed by atoms with Gasteiger partial charge in [0.05, 0.1) is 6.21 Å². The zero-order valence-electron chi connectivity index (χ0n) is 11.8. The molecule has 0 saturated carbocycles. The first-order valence-corrected chi connectivity index (χ1v) is 7.60. The van der Waals surface area contributed by atoms with E-state index in [2.05, 4.69) is 38.4 Å². The number of rotatable bonds is 3. The smallest absolute Gasteiger partial charge is 0.317 e. The van der Waals surface area contributed by atoms with Gasteiger partial charge in [-0.05, 0) is 58.8 Å². The summed E-state index contributed by atoms with van der Waals surface area (Å²) in [5, 5.41) is 6.31. The van der Waals surface area contributed by atoms with Crippen molar-refractivity contribution >= 4 is 46.3 Å². The normalized spacial score (nSPS) is 10.5. The molecule has 2 aromatic carbocycles. The quantitative estimate of drug-likeness (QED) is 0.356. The van der Waals surface area contributed by atoms with Gasteiger partial charge in [-0.25, -0.2) is 5.43 Å². The monoisotopic (exact) mass is 407 g/mol. The van der Waals surface area contributed by atoms with Crippen molar-refractivity contribution < 1.29 is 9.59 Å². The van der Waals surface area contributed by atoms with Gasteiger partial charge in [-0.15, -0.1) is 0 Å². The van der Waals surface area contributed by atoms with Gasteiger partial charge < -0.3 is 5.32 Å². The van der Waals surface area contributed by atoms with E-state index in [-0.39, 0.29) is 0 Å². The Hall–Kier alpha value is -2.22. The highest BCUT2D eigenvalue weighted by Crippen LogP contribution is 2.12. The van der Waals surface area contributed by atoms with E-state index in [4.69, 9.17) is 0 Å². The van der Waals surface area contributed by atoms with Crippen LogP contribution in [0.3, 0.4) is 0 Å². The van der Waals surface area contributed by atoms with Crippen LogP contribution in [0.2, 0.25) is 0 Å². The number of carbonyl (C=O) groups excluding carboxylic acids is 2. The van der Waals surface area contributed by atoms with Crippen LogP contribution in [-0.2, 0) is 9.59 Å². The molecule has 0 fully saturated rings. The fourth-order valence-corrected chi connectivity index (χ4v) is 2.02. The Morgan fingerprint density at radius 1 is 1.05 bits per heavy atom. The Kier molecular flexibility index (Phi) is 5.65. The number of hydrogen-bond donors (Lipinski definition) is 2. The van der Waals surface area contributed by atoms with Gasteiger partial charge in [-0.1, -0.05) is 30.3 Å². The van der Waals surface area contributed by atoms with Crippen LogP contribution in [0.5, 0.6) is 0 Å². The molecule has 0 aliphatic carbocycles. The van der Waals surface area contributed by atoms with Gasteiger partial charge in [-0.3, -0.25) is 9.59 Å². The van der Waals surface area contributed by atoms with Gasteiger partial charge in [-0.2, -0.15) is 5.10 Å². The molecule has 0 unspecified atom stereocenters. The van der Waals surface area contributed by atoms with Gasteiger partial charge in [0, 0.05) is 9.26 Å². The SMILES string of the molecule is Cc1ccccc1NC(=O)C(=O)N/N=C/c1ccc(I)cc1. The molecule has 0 aromatic heterocycles. The summed E-state index contributed by atoms with van der Waals surface area (Å²) in [7, 11) is 0. The van der Waals surface area contributed by atoms with Crippen molar-refractivity contribution in [2.45, 2.75) is 6.92 Å². The summed E-state index contributed by atoms with van der Waals surface area (Å²) >= 11 is 2.20. The maximum Gasteiger partial charge on any atom is 0.329 e. The lowest BCUT2D eigenvalue weighted by Gasteiger charge is -2.06. The number of hydrogen-bond acceptors (Lipinski definition) is 3. The molecule has 6 heteroatoms. The standard InChI is InChI=1S/C16H14IN3O2/c1-11-4-2-3-5-14(11)19-15(21)16(22)20-18-10-12-6-8-13(17)9-7-12/h2-10H,1H3,(H,19,21)(H,20,22)/b18-10+. The average Bonchev–Trinajstić information content (AvgIpc) is 2.51. The van der Waals surface area contributed by atoms with Gasteiger partial charge >= 0.3 is 11.8 Å². The number of anilines is 1. The predicted molar refractivity (Wildman–Crippen MR) is 94.7 cm³/mol.